The zero-order valence-electron chi connectivity index (χ0n) is 20.1. The highest BCUT2D eigenvalue weighted by atomic mass is 16.3. The fourth-order valence-electron chi connectivity index (χ4n) is 5.61. The Morgan fingerprint density at radius 3 is 2.26 bits per heavy atom. The lowest BCUT2D eigenvalue weighted by Crippen LogP contribution is -2.49. The van der Waals surface area contributed by atoms with Crippen LogP contribution in [-0.4, -0.2) is 47.4 Å². The number of allylic oxidation sites excluding steroid dienone is 1. The first-order chi connectivity index (χ1) is 17.0. The van der Waals surface area contributed by atoms with E-state index < -0.39 is 29.8 Å². The SMILES string of the molecule is CC[C@@H]1C=C[C@H]2[C@@H](C(=O)N([C@H](CO)c3ccccc3)[C@@H]2C(=O)NCc2ccccc2)[C@@H]1C(=O)NC. The van der Waals surface area contributed by atoms with Gasteiger partial charge in [-0.3, -0.25) is 14.4 Å². The Balaban J connectivity index is 1.74. The number of carbonyl (C=O) groups excluding carboxylic acids is 3. The summed E-state index contributed by atoms with van der Waals surface area (Å²) in [5.74, 6) is -2.57. The number of fused-ring (bicyclic) bond motifs is 1. The molecule has 2 aromatic carbocycles. The lowest BCUT2D eigenvalue weighted by atomic mass is 9.69. The van der Waals surface area contributed by atoms with Crippen molar-refractivity contribution in [3.05, 3.63) is 83.9 Å². The zero-order valence-corrected chi connectivity index (χ0v) is 20.1. The van der Waals surface area contributed by atoms with E-state index in [2.05, 4.69) is 10.6 Å². The lowest BCUT2D eigenvalue weighted by molar-refractivity contribution is -0.143. The first kappa shape index (κ1) is 24.7. The molecule has 3 N–H and O–H groups in total. The fraction of sp³-hybridized carbons (Fsp3) is 0.393. The maximum atomic E-state index is 14.0. The Morgan fingerprint density at radius 2 is 1.66 bits per heavy atom. The molecule has 1 aliphatic carbocycles. The van der Waals surface area contributed by atoms with E-state index in [9.17, 15) is 19.5 Å². The fourth-order valence-corrected chi connectivity index (χ4v) is 5.61. The molecule has 4 rings (SSSR count). The second-order valence-electron chi connectivity index (χ2n) is 9.20. The Bertz CT molecular complexity index is 1070. The van der Waals surface area contributed by atoms with Gasteiger partial charge in [0.05, 0.1) is 24.5 Å². The summed E-state index contributed by atoms with van der Waals surface area (Å²) in [5, 5.41) is 16.1. The molecule has 2 aromatic rings. The van der Waals surface area contributed by atoms with Gasteiger partial charge >= 0.3 is 0 Å². The molecule has 0 bridgehead atoms. The number of aliphatic hydroxyl groups excluding tert-OH is 1. The third-order valence-corrected chi connectivity index (χ3v) is 7.34. The minimum atomic E-state index is -0.838. The Kier molecular flexibility index (Phi) is 7.66. The highest BCUT2D eigenvalue weighted by Gasteiger charge is 2.58. The number of hydrogen-bond acceptors (Lipinski definition) is 4. The average molecular weight is 476 g/mol. The van der Waals surface area contributed by atoms with Gasteiger partial charge in [-0.15, -0.1) is 0 Å². The number of nitrogens with one attached hydrogen (secondary N) is 2. The van der Waals surface area contributed by atoms with Crippen molar-refractivity contribution in [3.63, 3.8) is 0 Å². The largest absolute Gasteiger partial charge is 0.394 e. The van der Waals surface area contributed by atoms with Gasteiger partial charge < -0.3 is 20.6 Å². The summed E-state index contributed by atoms with van der Waals surface area (Å²) >= 11 is 0. The highest BCUT2D eigenvalue weighted by Crippen LogP contribution is 2.47. The van der Waals surface area contributed by atoms with Crippen LogP contribution in [0.2, 0.25) is 0 Å². The molecule has 7 heteroatoms. The summed E-state index contributed by atoms with van der Waals surface area (Å²) < 4.78 is 0. The van der Waals surface area contributed by atoms with Crippen LogP contribution in [0.5, 0.6) is 0 Å². The number of benzene rings is 2. The van der Waals surface area contributed by atoms with E-state index in [1.807, 2.05) is 79.7 Å². The van der Waals surface area contributed by atoms with Crippen LogP contribution < -0.4 is 10.6 Å². The smallest absolute Gasteiger partial charge is 0.243 e. The Labute approximate surface area is 206 Å². The highest BCUT2D eigenvalue weighted by molar-refractivity contribution is 5.97. The van der Waals surface area contributed by atoms with E-state index in [1.165, 1.54) is 4.90 Å². The molecular formula is C28H33N3O4. The molecule has 1 aliphatic heterocycles. The quantitative estimate of drug-likeness (QED) is 0.511. The second-order valence-corrected chi connectivity index (χ2v) is 9.20. The standard InChI is InChI=1S/C28H33N3O4/c1-3-19-14-15-21-24(23(19)26(33)29-2)28(35)31(22(17-32)20-12-8-5-9-13-20)25(21)27(34)30-16-18-10-6-4-7-11-18/h4-15,19,21-25,32H,3,16-17H2,1-2H3,(H,29,33)(H,30,34)/t19-,21+,22-,23-,24-,25+/m1/s1. The molecule has 0 spiro atoms. The number of nitrogens with zero attached hydrogens (tertiary/aromatic N) is 1. The number of hydrogen-bond donors (Lipinski definition) is 3. The molecule has 0 saturated carbocycles. The molecule has 0 radical (unpaired) electrons. The van der Waals surface area contributed by atoms with E-state index in [0.29, 0.717) is 13.0 Å². The minimum Gasteiger partial charge on any atom is -0.394 e. The van der Waals surface area contributed by atoms with Crippen LogP contribution in [0, 0.1) is 23.7 Å². The van der Waals surface area contributed by atoms with E-state index in [-0.39, 0.29) is 30.2 Å². The maximum Gasteiger partial charge on any atom is 0.243 e. The summed E-state index contributed by atoms with van der Waals surface area (Å²) in [6.07, 6.45) is 4.62. The molecule has 1 heterocycles. The van der Waals surface area contributed by atoms with E-state index in [0.717, 1.165) is 11.1 Å². The van der Waals surface area contributed by atoms with Gasteiger partial charge in [0.25, 0.3) is 0 Å². The van der Waals surface area contributed by atoms with Gasteiger partial charge in [0.1, 0.15) is 6.04 Å². The van der Waals surface area contributed by atoms with Gasteiger partial charge in [-0.05, 0) is 23.5 Å². The van der Waals surface area contributed by atoms with Crippen molar-refractivity contribution in [2.45, 2.75) is 32.0 Å². The molecule has 3 amide bonds. The van der Waals surface area contributed by atoms with Gasteiger partial charge in [0.2, 0.25) is 17.7 Å². The number of likely N-dealkylation sites (tertiary alicyclic amines) is 1. The maximum absolute atomic E-state index is 14.0. The van der Waals surface area contributed by atoms with E-state index >= 15 is 0 Å². The van der Waals surface area contributed by atoms with Crippen LogP contribution >= 0.6 is 0 Å². The Morgan fingerprint density at radius 1 is 1.00 bits per heavy atom. The normalized spacial score (nSPS) is 26.2. The molecular weight excluding hydrogens is 442 g/mol. The van der Waals surface area contributed by atoms with Crippen LogP contribution in [-0.2, 0) is 20.9 Å². The first-order valence-corrected chi connectivity index (χ1v) is 12.2. The monoisotopic (exact) mass is 475 g/mol. The zero-order chi connectivity index (χ0) is 24.9. The summed E-state index contributed by atoms with van der Waals surface area (Å²) in [6, 6.07) is 17.3. The van der Waals surface area contributed by atoms with Gasteiger partial charge in [-0.2, -0.15) is 0 Å². The van der Waals surface area contributed by atoms with Gasteiger partial charge in [-0.25, -0.2) is 0 Å². The van der Waals surface area contributed by atoms with Crippen LogP contribution in [0.1, 0.15) is 30.5 Å². The Hall–Kier alpha value is -3.45. The number of amides is 3. The van der Waals surface area contributed by atoms with Crippen molar-refractivity contribution in [2.24, 2.45) is 23.7 Å². The predicted molar refractivity (Wildman–Crippen MR) is 133 cm³/mol. The van der Waals surface area contributed by atoms with Crippen LogP contribution in [0.4, 0.5) is 0 Å². The average Bonchev–Trinajstić information content (AvgIpc) is 3.20. The van der Waals surface area contributed by atoms with E-state index in [1.54, 1.807) is 7.05 Å². The number of aliphatic hydroxyl groups is 1. The first-order valence-electron chi connectivity index (χ1n) is 12.2. The van der Waals surface area contributed by atoms with E-state index in [4.69, 9.17) is 0 Å². The van der Waals surface area contributed by atoms with Crippen molar-refractivity contribution in [3.8, 4) is 0 Å². The van der Waals surface area contributed by atoms with Gasteiger partial charge in [0.15, 0.2) is 0 Å². The van der Waals surface area contributed by atoms with Crippen LogP contribution in [0.3, 0.4) is 0 Å². The van der Waals surface area contributed by atoms with Crippen molar-refractivity contribution < 1.29 is 19.5 Å². The summed E-state index contributed by atoms with van der Waals surface area (Å²) in [7, 11) is 1.57. The third-order valence-electron chi connectivity index (χ3n) is 7.34. The molecule has 1 saturated heterocycles. The number of rotatable bonds is 8. The van der Waals surface area contributed by atoms with Crippen LogP contribution in [0.15, 0.2) is 72.8 Å². The minimum absolute atomic E-state index is 0.0996. The van der Waals surface area contributed by atoms with Crippen molar-refractivity contribution in [1.82, 2.24) is 15.5 Å². The second kappa shape index (κ2) is 10.9. The molecule has 7 nitrogen and oxygen atoms in total. The summed E-state index contributed by atoms with van der Waals surface area (Å²) in [6.45, 7) is 1.99. The topological polar surface area (TPSA) is 98.7 Å². The van der Waals surface area contributed by atoms with Gasteiger partial charge in [-0.1, -0.05) is 79.7 Å². The van der Waals surface area contributed by atoms with Crippen molar-refractivity contribution in [1.29, 1.82) is 0 Å². The van der Waals surface area contributed by atoms with Gasteiger partial charge in [0, 0.05) is 19.5 Å². The molecule has 0 unspecified atom stereocenters. The molecule has 35 heavy (non-hydrogen) atoms. The summed E-state index contributed by atoms with van der Waals surface area (Å²) in [5.41, 5.74) is 1.69. The molecule has 184 valence electrons. The lowest BCUT2D eigenvalue weighted by Gasteiger charge is -2.34. The molecule has 0 aromatic heterocycles. The molecule has 2 aliphatic rings. The van der Waals surface area contributed by atoms with Crippen LogP contribution in [0.25, 0.3) is 0 Å². The van der Waals surface area contributed by atoms with Crippen molar-refractivity contribution >= 4 is 17.7 Å². The third kappa shape index (κ3) is 4.73. The molecule has 6 atom stereocenters. The van der Waals surface area contributed by atoms with Crippen molar-refractivity contribution in [2.75, 3.05) is 13.7 Å². The predicted octanol–water partition coefficient (Wildman–Crippen LogP) is 2.44. The summed E-state index contributed by atoms with van der Waals surface area (Å²) in [4.78, 5) is 42.2. The number of carbonyl (C=O) groups is 3. The molecule has 1 fully saturated rings.